The molecule has 0 spiro atoms. The number of pyridine rings is 3. The fourth-order valence-electron chi connectivity index (χ4n) is 3.00. The zero-order valence-electron chi connectivity index (χ0n) is 12.6. The predicted molar refractivity (Wildman–Crippen MR) is 92.1 cm³/mol. The molecule has 5 rings (SSSR count). The van der Waals surface area contributed by atoms with Crippen LogP contribution in [0, 0.1) is 0 Å². The molecule has 1 aliphatic heterocycles. The van der Waals surface area contributed by atoms with Crippen molar-refractivity contribution in [1.29, 1.82) is 0 Å². The van der Waals surface area contributed by atoms with Crippen LogP contribution in [0.3, 0.4) is 0 Å². The Balaban J connectivity index is 1.91. The van der Waals surface area contributed by atoms with Gasteiger partial charge in [-0.25, -0.2) is 15.5 Å². The van der Waals surface area contributed by atoms with E-state index in [1.54, 1.807) is 23.6 Å². The van der Waals surface area contributed by atoms with Gasteiger partial charge < -0.3 is 0 Å². The van der Waals surface area contributed by atoms with E-state index in [9.17, 15) is 0 Å². The van der Waals surface area contributed by atoms with E-state index in [-0.39, 0.29) is 0 Å². The zero-order chi connectivity index (χ0) is 15.9. The molecule has 0 fully saturated rings. The summed E-state index contributed by atoms with van der Waals surface area (Å²) in [5, 5.41) is 10.2. The molecule has 0 saturated carbocycles. The van der Waals surface area contributed by atoms with Crippen molar-refractivity contribution in [2.75, 3.05) is 5.01 Å². The third kappa shape index (κ3) is 1.83. The van der Waals surface area contributed by atoms with Crippen LogP contribution in [0.25, 0.3) is 28.0 Å². The standard InChI is InChI=1S/C18H12N6/c1-2-8-19-15(7-1)24-11-14-12-5-3-9-20-17(12)18-13(6-4-10-21-18)16(14)22-23-24/h1-11,23H. The maximum Gasteiger partial charge on any atom is 0.152 e. The van der Waals surface area contributed by atoms with Crippen molar-refractivity contribution < 1.29 is 0 Å². The lowest BCUT2D eigenvalue weighted by Gasteiger charge is -2.21. The van der Waals surface area contributed by atoms with Crippen LogP contribution in [-0.2, 0) is 0 Å². The number of hydrogen-bond donors (Lipinski definition) is 1. The molecule has 0 atom stereocenters. The van der Waals surface area contributed by atoms with Gasteiger partial charge in [0, 0.05) is 40.8 Å². The number of anilines is 1. The highest BCUT2D eigenvalue weighted by Gasteiger charge is 2.13. The zero-order valence-corrected chi connectivity index (χ0v) is 12.6. The molecule has 0 aliphatic carbocycles. The third-order valence-electron chi connectivity index (χ3n) is 4.06. The summed E-state index contributed by atoms with van der Waals surface area (Å²) < 4.78 is 0. The van der Waals surface area contributed by atoms with Crippen molar-refractivity contribution in [2.45, 2.75) is 0 Å². The number of hydrogen-bond acceptors (Lipinski definition) is 6. The molecule has 3 aromatic heterocycles. The maximum absolute atomic E-state index is 4.57. The van der Waals surface area contributed by atoms with Gasteiger partial charge in [-0.05, 0) is 30.3 Å². The second-order valence-electron chi connectivity index (χ2n) is 5.46. The van der Waals surface area contributed by atoms with Gasteiger partial charge in [0.1, 0.15) is 5.36 Å². The van der Waals surface area contributed by atoms with Crippen molar-refractivity contribution in [1.82, 2.24) is 20.5 Å². The largest absolute Gasteiger partial charge is 0.254 e. The van der Waals surface area contributed by atoms with E-state index >= 15 is 0 Å². The van der Waals surface area contributed by atoms with E-state index < -0.39 is 0 Å². The van der Waals surface area contributed by atoms with Gasteiger partial charge in [0.05, 0.1) is 11.0 Å². The first kappa shape index (κ1) is 13.0. The van der Waals surface area contributed by atoms with Crippen LogP contribution in [0.15, 0.2) is 66.2 Å². The van der Waals surface area contributed by atoms with E-state index in [1.807, 2.05) is 48.7 Å². The van der Waals surface area contributed by atoms with Crippen LogP contribution in [0.1, 0.15) is 0 Å². The molecule has 6 nitrogen and oxygen atoms in total. The summed E-state index contributed by atoms with van der Waals surface area (Å²) in [6, 6.07) is 13.7. The molecule has 0 amide bonds. The Morgan fingerprint density at radius 1 is 0.750 bits per heavy atom. The minimum Gasteiger partial charge on any atom is -0.254 e. The van der Waals surface area contributed by atoms with Gasteiger partial charge >= 0.3 is 0 Å². The molecular formula is C18H12N6. The number of nitrogens with zero attached hydrogens (tertiary/aromatic N) is 5. The monoisotopic (exact) mass is 312 g/mol. The van der Waals surface area contributed by atoms with Gasteiger partial charge in [0.25, 0.3) is 0 Å². The van der Waals surface area contributed by atoms with E-state index in [2.05, 4.69) is 25.6 Å². The molecule has 6 heteroatoms. The van der Waals surface area contributed by atoms with Crippen molar-refractivity contribution in [3.63, 3.8) is 0 Å². The molecular weight excluding hydrogens is 300 g/mol. The number of aromatic nitrogens is 3. The van der Waals surface area contributed by atoms with Crippen molar-refractivity contribution >= 4 is 33.8 Å². The Kier molecular flexibility index (Phi) is 2.69. The predicted octanol–water partition coefficient (Wildman–Crippen LogP) is 1.48. The summed E-state index contributed by atoms with van der Waals surface area (Å²) in [6.45, 7) is 0. The molecule has 114 valence electrons. The average Bonchev–Trinajstić information content (AvgIpc) is 2.68. The number of hydrazine groups is 1. The van der Waals surface area contributed by atoms with Gasteiger partial charge in [-0.2, -0.15) is 5.10 Å². The summed E-state index contributed by atoms with van der Waals surface area (Å²) >= 11 is 0. The summed E-state index contributed by atoms with van der Waals surface area (Å²) in [4.78, 5) is 13.4. The summed E-state index contributed by atoms with van der Waals surface area (Å²) in [6.07, 6.45) is 7.33. The third-order valence-corrected chi connectivity index (χ3v) is 4.06. The summed E-state index contributed by atoms with van der Waals surface area (Å²) in [7, 11) is 0. The number of rotatable bonds is 1. The van der Waals surface area contributed by atoms with Crippen molar-refractivity contribution in [3.8, 4) is 0 Å². The lowest BCUT2D eigenvalue weighted by atomic mass is 10.1. The topological polar surface area (TPSA) is 66.3 Å². The van der Waals surface area contributed by atoms with E-state index in [4.69, 9.17) is 0 Å². The lowest BCUT2D eigenvalue weighted by molar-refractivity contribution is 0.726. The minimum atomic E-state index is 0.773. The second kappa shape index (κ2) is 4.99. The van der Waals surface area contributed by atoms with Crippen LogP contribution in [-0.4, -0.2) is 15.0 Å². The lowest BCUT2D eigenvalue weighted by Crippen LogP contribution is -2.43. The van der Waals surface area contributed by atoms with Gasteiger partial charge in [0.2, 0.25) is 0 Å². The average molecular weight is 312 g/mol. The van der Waals surface area contributed by atoms with Crippen LogP contribution >= 0.6 is 0 Å². The van der Waals surface area contributed by atoms with Crippen molar-refractivity contribution in [3.05, 3.63) is 71.6 Å². The Hall–Kier alpha value is -3.54. The smallest absolute Gasteiger partial charge is 0.152 e. The Morgan fingerprint density at radius 2 is 1.50 bits per heavy atom. The van der Waals surface area contributed by atoms with Crippen LogP contribution in [0.5, 0.6) is 0 Å². The molecule has 4 aromatic rings. The Bertz CT molecular complexity index is 1190. The molecule has 1 aliphatic rings. The molecule has 1 aromatic carbocycles. The second-order valence-corrected chi connectivity index (χ2v) is 5.46. The number of fused-ring (bicyclic) bond motifs is 6. The summed E-state index contributed by atoms with van der Waals surface area (Å²) in [5.74, 6) is 0.773. The fourth-order valence-corrected chi connectivity index (χ4v) is 3.00. The number of benzene rings is 1. The van der Waals surface area contributed by atoms with Gasteiger partial charge in [0.15, 0.2) is 5.82 Å². The number of nitrogens with one attached hydrogen (secondary N) is 1. The first-order valence-electron chi connectivity index (χ1n) is 7.59. The van der Waals surface area contributed by atoms with Gasteiger partial charge in [-0.3, -0.25) is 9.97 Å². The molecule has 0 saturated heterocycles. The van der Waals surface area contributed by atoms with E-state index in [0.717, 1.165) is 38.2 Å². The highest BCUT2D eigenvalue weighted by atomic mass is 15.7. The Labute approximate surface area is 136 Å². The SMILES string of the molecule is C1=c2c(c3cccnc3c3ncccc23)=NNN1c1ccccn1. The molecule has 0 radical (unpaired) electrons. The van der Waals surface area contributed by atoms with Gasteiger partial charge in [-0.1, -0.05) is 12.1 Å². The van der Waals surface area contributed by atoms with Crippen LogP contribution in [0.4, 0.5) is 5.82 Å². The van der Waals surface area contributed by atoms with Crippen molar-refractivity contribution in [2.24, 2.45) is 5.10 Å². The Morgan fingerprint density at radius 3 is 2.29 bits per heavy atom. The minimum absolute atomic E-state index is 0.773. The van der Waals surface area contributed by atoms with E-state index in [0.29, 0.717) is 0 Å². The highest BCUT2D eigenvalue weighted by molar-refractivity contribution is 6.02. The van der Waals surface area contributed by atoms with Crippen LogP contribution < -0.4 is 21.1 Å². The molecule has 24 heavy (non-hydrogen) atoms. The highest BCUT2D eigenvalue weighted by Crippen LogP contribution is 2.16. The first-order valence-corrected chi connectivity index (χ1v) is 7.59. The molecule has 4 heterocycles. The normalized spacial score (nSPS) is 13.1. The quantitative estimate of drug-likeness (QED) is 0.539. The fraction of sp³-hybridized carbons (Fsp3) is 0. The molecule has 0 unspecified atom stereocenters. The maximum atomic E-state index is 4.57. The van der Waals surface area contributed by atoms with E-state index in [1.165, 1.54) is 0 Å². The van der Waals surface area contributed by atoms with Gasteiger partial charge in [-0.15, -0.1) is 0 Å². The van der Waals surface area contributed by atoms with Crippen LogP contribution in [0.2, 0.25) is 0 Å². The molecule has 1 N–H and O–H groups in total. The first-order chi connectivity index (χ1) is 11.9. The summed E-state index contributed by atoms with van der Waals surface area (Å²) in [5.41, 5.74) is 4.78. The molecule has 0 bridgehead atoms.